The van der Waals surface area contributed by atoms with Crippen LogP contribution in [0.1, 0.15) is 40.5 Å². The number of methoxy groups -OCH3 is 1. The third-order valence-corrected chi connectivity index (χ3v) is 6.74. The van der Waals surface area contributed by atoms with Gasteiger partial charge in [-0.25, -0.2) is 14.2 Å². The zero-order valence-electron chi connectivity index (χ0n) is 21.1. The van der Waals surface area contributed by atoms with Crippen molar-refractivity contribution in [2.45, 2.75) is 57.7 Å². The predicted octanol–water partition coefficient (Wildman–Crippen LogP) is 2.71. The molecular formula is C23H32FN9O2. The second-order valence-electron chi connectivity index (χ2n) is 10.2. The summed E-state index contributed by atoms with van der Waals surface area (Å²) < 4.78 is 22.3. The third kappa shape index (κ3) is 4.97. The maximum absolute atomic E-state index is 14.7. The zero-order valence-corrected chi connectivity index (χ0v) is 21.1. The van der Waals surface area contributed by atoms with E-state index in [1.165, 1.54) is 14.2 Å². The summed E-state index contributed by atoms with van der Waals surface area (Å²) in [6.45, 7) is 8.76. The fraction of sp³-hybridized carbons (Fsp3) is 0.522. The van der Waals surface area contributed by atoms with Crippen molar-refractivity contribution in [1.82, 2.24) is 34.7 Å². The lowest BCUT2D eigenvalue weighted by Gasteiger charge is -2.53. The van der Waals surface area contributed by atoms with E-state index in [9.17, 15) is 9.18 Å². The molecule has 0 spiro atoms. The van der Waals surface area contributed by atoms with Gasteiger partial charge in [-0.15, -0.1) is 0 Å². The minimum Gasteiger partial charge on any atom is -0.497 e. The van der Waals surface area contributed by atoms with E-state index >= 15 is 0 Å². The van der Waals surface area contributed by atoms with E-state index in [4.69, 9.17) is 4.74 Å². The molecule has 0 saturated carbocycles. The fourth-order valence-electron chi connectivity index (χ4n) is 4.70. The molecule has 4 rings (SSSR count). The van der Waals surface area contributed by atoms with Gasteiger partial charge in [0.1, 0.15) is 5.75 Å². The Morgan fingerprint density at radius 2 is 1.77 bits per heavy atom. The Hall–Kier alpha value is -3.54. The normalized spacial score (nSPS) is 17.8. The van der Waals surface area contributed by atoms with Crippen LogP contribution in [0.25, 0.3) is 5.69 Å². The SMILES string of the molecule is COc1cc(Nc2ncc(F)c(NC3CC(C)(C)N(C)C(C)(C)C3)n2)cc(-n2nnn(C)c2=O)c1. The Kier molecular flexibility index (Phi) is 6.26. The molecule has 1 aliphatic rings. The first-order valence-corrected chi connectivity index (χ1v) is 11.4. The highest BCUT2D eigenvalue weighted by Crippen LogP contribution is 2.38. The number of aryl methyl sites for hydroxylation is 1. The van der Waals surface area contributed by atoms with Gasteiger partial charge < -0.3 is 15.4 Å². The first kappa shape index (κ1) is 24.6. The van der Waals surface area contributed by atoms with Crippen molar-refractivity contribution in [2.24, 2.45) is 7.05 Å². The van der Waals surface area contributed by atoms with Crippen molar-refractivity contribution in [3.63, 3.8) is 0 Å². The van der Waals surface area contributed by atoms with E-state index in [0.717, 1.165) is 28.4 Å². The summed E-state index contributed by atoms with van der Waals surface area (Å²) in [6, 6.07) is 5.09. The van der Waals surface area contributed by atoms with Gasteiger partial charge in [0.15, 0.2) is 11.6 Å². The monoisotopic (exact) mass is 485 g/mol. The Balaban J connectivity index is 1.60. The molecule has 0 aliphatic carbocycles. The number of ether oxygens (including phenoxy) is 1. The Bertz CT molecular complexity index is 1270. The maximum atomic E-state index is 14.7. The number of tetrazole rings is 1. The molecule has 1 saturated heterocycles. The summed E-state index contributed by atoms with van der Waals surface area (Å²) in [6.07, 6.45) is 2.81. The molecule has 1 fully saturated rings. The van der Waals surface area contributed by atoms with Gasteiger partial charge in [-0.3, -0.25) is 4.90 Å². The van der Waals surface area contributed by atoms with Crippen molar-refractivity contribution in [3.05, 3.63) is 40.7 Å². The van der Waals surface area contributed by atoms with E-state index < -0.39 is 11.5 Å². The molecule has 3 heterocycles. The van der Waals surface area contributed by atoms with E-state index in [1.807, 2.05) is 0 Å². The van der Waals surface area contributed by atoms with Crippen LogP contribution in [0.2, 0.25) is 0 Å². The van der Waals surface area contributed by atoms with Crippen LogP contribution < -0.4 is 21.1 Å². The quantitative estimate of drug-likeness (QED) is 0.544. The average Bonchev–Trinajstić information content (AvgIpc) is 3.12. The van der Waals surface area contributed by atoms with Gasteiger partial charge in [-0.2, -0.15) is 14.3 Å². The highest BCUT2D eigenvalue weighted by Gasteiger charge is 2.43. The van der Waals surface area contributed by atoms with Crippen LogP contribution in [-0.2, 0) is 7.05 Å². The van der Waals surface area contributed by atoms with E-state index in [-0.39, 0.29) is 28.9 Å². The number of benzene rings is 1. The lowest BCUT2D eigenvalue weighted by Crippen LogP contribution is -2.61. The van der Waals surface area contributed by atoms with Crippen molar-refractivity contribution in [2.75, 3.05) is 24.8 Å². The van der Waals surface area contributed by atoms with Crippen LogP contribution in [0, 0.1) is 5.82 Å². The number of hydrogen-bond donors (Lipinski definition) is 2. The number of anilines is 3. The smallest absolute Gasteiger partial charge is 0.368 e. The van der Waals surface area contributed by atoms with Crippen molar-refractivity contribution < 1.29 is 9.13 Å². The number of nitrogens with zero attached hydrogens (tertiary/aromatic N) is 7. The Morgan fingerprint density at radius 1 is 1.09 bits per heavy atom. The zero-order chi connectivity index (χ0) is 25.5. The second-order valence-corrected chi connectivity index (χ2v) is 10.2. The summed E-state index contributed by atoms with van der Waals surface area (Å²) in [5, 5.41) is 14.0. The summed E-state index contributed by atoms with van der Waals surface area (Å²) in [5.74, 6) is 0.296. The van der Waals surface area contributed by atoms with Crippen LogP contribution in [-0.4, -0.2) is 65.9 Å². The van der Waals surface area contributed by atoms with Gasteiger partial charge in [0.05, 0.1) is 19.0 Å². The minimum absolute atomic E-state index is 0.0420. The predicted molar refractivity (Wildman–Crippen MR) is 131 cm³/mol. The molecule has 0 radical (unpaired) electrons. The summed E-state index contributed by atoms with van der Waals surface area (Å²) in [7, 11) is 5.16. The minimum atomic E-state index is -0.525. The molecule has 12 heteroatoms. The Labute approximate surface area is 203 Å². The van der Waals surface area contributed by atoms with Crippen molar-refractivity contribution in [1.29, 1.82) is 0 Å². The lowest BCUT2D eigenvalue weighted by molar-refractivity contribution is -0.00778. The fourth-order valence-corrected chi connectivity index (χ4v) is 4.70. The molecular weight excluding hydrogens is 453 g/mol. The standard InChI is InChI=1S/C23H32FN9O2/c1-22(2)11-15(12-23(3,4)32(22)6)26-19-18(24)13-25-20(28-19)27-14-8-16(10-17(9-14)35-7)33-21(34)31(5)29-30-33/h8-10,13,15H,11-12H2,1-7H3,(H2,25,26,27,28). The number of piperidine rings is 1. The highest BCUT2D eigenvalue weighted by molar-refractivity contribution is 5.61. The third-order valence-electron chi connectivity index (χ3n) is 6.74. The summed E-state index contributed by atoms with van der Waals surface area (Å²) >= 11 is 0. The first-order chi connectivity index (χ1) is 16.4. The van der Waals surface area contributed by atoms with E-state index in [2.05, 4.69) is 70.7 Å². The van der Waals surface area contributed by atoms with Crippen LogP contribution in [0.15, 0.2) is 29.2 Å². The molecule has 0 atom stereocenters. The molecule has 3 aromatic rings. The molecule has 0 amide bonds. The molecule has 1 aromatic carbocycles. The largest absolute Gasteiger partial charge is 0.497 e. The summed E-state index contributed by atoms with van der Waals surface area (Å²) in [5.41, 5.74) is 0.466. The molecule has 2 N–H and O–H groups in total. The van der Waals surface area contributed by atoms with Gasteiger partial charge in [0.25, 0.3) is 0 Å². The maximum Gasteiger partial charge on any atom is 0.368 e. The highest BCUT2D eigenvalue weighted by atomic mass is 19.1. The van der Waals surface area contributed by atoms with Crippen LogP contribution in [0.3, 0.4) is 0 Å². The Morgan fingerprint density at radius 3 is 2.37 bits per heavy atom. The van der Waals surface area contributed by atoms with Gasteiger partial charge >= 0.3 is 5.69 Å². The van der Waals surface area contributed by atoms with Crippen LogP contribution in [0.5, 0.6) is 5.75 Å². The molecule has 11 nitrogen and oxygen atoms in total. The van der Waals surface area contributed by atoms with E-state index in [0.29, 0.717) is 17.1 Å². The van der Waals surface area contributed by atoms with Gasteiger partial charge in [0, 0.05) is 42.0 Å². The topological polar surface area (TPSA) is 115 Å². The first-order valence-electron chi connectivity index (χ1n) is 11.4. The number of likely N-dealkylation sites (tertiary alicyclic amines) is 1. The molecule has 1 aliphatic heterocycles. The van der Waals surface area contributed by atoms with Gasteiger partial charge in [-0.1, -0.05) is 0 Å². The number of nitrogens with one attached hydrogen (secondary N) is 2. The van der Waals surface area contributed by atoms with Gasteiger partial charge in [0.2, 0.25) is 5.95 Å². The molecule has 2 aromatic heterocycles. The van der Waals surface area contributed by atoms with Gasteiger partial charge in [-0.05, 0) is 64.1 Å². The molecule has 35 heavy (non-hydrogen) atoms. The molecule has 0 unspecified atom stereocenters. The number of halogens is 1. The average molecular weight is 486 g/mol. The molecule has 0 bridgehead atoms. The number of aromatic nitrogens is 6. The second kappa shape index (κ2) is 8.91. The van der Waals surface area contributed by atoms with Crippen LogP contribution in [0.4, 0.5) is 21.8 Å². The van der Waals surface area contributed by atoms with Crippen LogP contribution >= 0.6 is 0 Å². The summed E-state index contributed by atoms with van der Waals surface area (Å²) in [4.78, 5) is 23.1. The molecule has 188 valence electrons. The van der Waals surface area contributed by atoms with E-state index in [1.54, 1.807) is 18.2 Å². The lowest BCUT2D eigenvalue weighted by atomic mass is 9.77. The number of rotatable bonds is 6. The number of hydrogen-bond acceptors (Lipinski definition) is 9. The van der Waals surface area contributed by atoms with Crippen molar-refractivity contribution in [3.8, 4) is 11.4 Å². The van der Waals surface area contributed by atoms with Crippen molar-refractivity contribution >= 4 is 17.5 Å².